The van der Waals surface area contributed by atoms with E-state index in [0.29, 0.717) is 22.7 Å². The minimum Gasteiger partial charge on any atom is -0.325 e. The fourth-order valence-corrected chi connectivity index (χ4v) is 3.21. The van der Waals surface area contributed by atoms with Gasteiger partial charge in [0.2, 0.25) is 5.91 Å². The number of carbonyl (C=O) groups excluding carboxylic acids is 3. The summed E-state index contributed by atoms with van der Waals surface area (Å²) < 4.78 is 0. The molecule has 2 aromatic carbocycles. The summed E-state index contributed by atoms with van der Waals surface area (Å²) in [6, 6.07) is 15.2. The number of nitrogens with one attached hydrogen (secondary N) is 2. The molecular weight excluding hydrogens is 368 g/mol. The summed E-state index contributed by atoms with van der Waals surface area (Å²) in [5, 5.41) is 14.1. The van der Waals surface area contributed by atoms with Gasteiger partial charge in [0.25, 0.3) is 5.91 Å². The van der Waals surface area contributed by atoms with Crippen LogP contribution in [-0.4, -0.2) is 29.3 Å². The lowest BCUT2D eigenvalue weighted by Crippen LogP contribution is -2.42. The molecule has 7 heteroatoms. The molecule has 1 aliphatic heterocycles. The first-order chi connectivity index (χ1) is 13.7. The number of rotatable bonds is 5. The first kappa shape index (κ1) is 20.1. The Bertz CT molecular complexity index is 990. The summed E-state index contributed by atoms with van der Waals surface area (Å²) in [5.74, 6) is -0.625. The van der Waals surface area contributed by atoms with Crippen molar-refractivity contribution in [3.05, 3.63) is 65.2 Å². The number of carbonyl (C=O) groups is 3. The highest BCUT2D eigenvalue weighted by atomic mass is 16.2. The second kappa shape index (κ2) is 7.76. The maximum absolute atomic E-state index is 13.0. The molecule has 3 rings (SSSR count). The second-order valence-electron chi connectivity index (χ2n) is 7.46. The monoisotopic (exact) mass is 390 g/mol. The van der Waals surface area contributed by atoms with Crippen molar-refractivity contribution in [1.29, 1.82) is 5.26 Å². The molecule has 1 fully saturated rings. The summed E-state index contributed by atoms with van der Waals surface area (Å²) in [5.41, 5.74) is 1.52. The van der Waals surface area contributed by atoms with Crippen LogP contribution in [0.2, 0.25) is 0 Å². The predicted octanol–water partition coefficient (Wildman–Crippen LogP) is 3.09. The zero-order chi connectivity index (χ0) is 21.2. The van der Waals surface area contributed by atoms with Crippen LogP contribution < -0.4 is 10.6 Å². The lowest BCUT2D eigenvalue weighted by molar-refractivity contribution is -0.133. The summed E-state index contributed by atoms with van der Waals surface area (Å²) in [6.07, 6.45) is 0. The Kier molecular flexibility index (Phi) is 5.37. The second-order valence-corrected chi connectivity index (χ2v) is 7.46. The summed E-state index contributed by atoms with van der Waals surface area (Å²) in [6.45, 7) is 5.39. The molecule has 0 saturated carbocycles. The standard InChI is InChI=1S/C22H22N4O3/c1-14(2)16-6-8-17(9-7-16)22(3)20(28)26(21(29)25-22)13-19(27)24-18-10-4-15(12-23)5-11-18/h4-11,14H,13H2,1-3H3,(H,24,27)(H,25,29). The Hall–Kier alpha value is -3.66. The van der Waals surface area contributed by atoms with Gasteiger partial charge in [-0.05, 0) is 48.2 Å². The van der Waals surface area contributed by atoms with E-state index in [1.165, 1.54) is 0 Å². The van der Waals surface area contributed by atoms with Gasteiger partial charge in [-0.15, -0.1) is 0 Å². The van der Waals surface area contributed by atoms with Crippen LogP contribution in [0, 0.1) is 11.3 Å². The molecule has 29 heavy (non-hydrogen) atoms. The number of nitriles is 1. The van der Waals surface area contributed by atoms with Crippen LogP contribution in [-0.2, 0) is 15.1 Å². The van der Waals surface area contributed by atoms with Crippen LogP contribution in [0.5, 0.6) is 0 Å². The lowest BCUT2D eigenvalue weighted by Gasteiger charge is -2.22. The molecule has 1 atom stereocenters. The first-order valence-corrected chi connectivity index (χ1v) is 9.29. The van der Waals surface area contributed by atoms with Crippen molar-refractivity contribution >= 4 is 23.5 Å². The van der Waals surface area contributed by atoms with E-state index in [4.69, 9.17) is 5.26 Å². The Labute approximate surface area is 169 Å². The minimum absolute atomic E-state index is 0.355. The first-order valence-electron chi connectivity index (χ1n) is 9.29. The third-order valence-corrected chi connectivity index (χ3v) is 5.03. The van der Waals surface area contributed by atoms with Gasteiger partial charge in [-0.3, -0.25) is 14.5 Å². The Morgan fingerprint density at radius 1 is 1.14 bits per heavy atom. The van der Waals surface area contributed by atoms with E-state index in [9.17, 15) is 14.4 Å². The number of urea groups is 1. The fourth-order valence-electron chi connectivity index (χ4n) is 3.21. The molecule has 148 valence electrons. The van der Waals surface area contributed by atoms with Crippen LogP contribution >= 0.6 is 0 Å². The number of hydrogen-bond acceptors (Lipinski definition) is 4. The van der Waals surface area contributed by atoms with Crippen LogP contribution in [0.3, 0.4) is 0 Å². The van der Waals surface area contributed by atoms with Gasteiger partial charge in [-0.1, -0.05) is 38.1 Å². The topological polar surface area (TPSA) is 102 Å². The SMILES string of the molecule is CC(C)c1ccc(C2(C)NC(=O)N(CC(=O)Nc3ccc(C#N)cc3)C2=O)cc1. The molecule has 0 spiro atoms. The molecule has 0 bridgehead atoms. The van der Waals surface area contributed by atoms with Gasteiger partial charge in [0.15, 0.2) is 0 Å². The van der Waals surface area contributed by atoms with Gasteiger partial charge in [-0.2, -0.15) is 5.26 Å². The molecule has 0 aromatic heterocycles. The van der Waals surface area contributed by atoms with E-state index in [0.717, 1.165) is 10.5 Å². The number of hydrogen-bond donors (Lipinski definition) is 2. The summed E-state index contributed by atoms with van der Waals surface area (Å²) in [7, 11) is 0. The molecule has 1 saturated heterocycles. The third kappa shape index (κ3) is 3.97. The highest BCUT2D eigenvalue weighted by molar-refractivity contribution is 6.10. The lowest BCUT2D eigenvalue weighted by atomic mass is 9.90. The van der Waals surface area contributed by atoms with Gasteiger partial charge in [0.1, 0.15) is 12.1 Å². The quantitative estimate of drug-likeness (QED) is 0.766. The van der Waals surface area contributed by atoms with Gasteiger partial charge < -0.3 is 10.6 Å². The molecular formula is C22H22N4O3. The number of imide groups is 1. The van der Waals surface area contributed by atoms with Crippen LogP contribution in [0.1, 0.15) is 43.4 Å². The zero-order valence-corrected chi connectivity index (χ0v) is 16.5. The molecule has 4 amide bonds. The smallest absolute Gasteiger partial charge is 0.325 e. The maximum Gasteiger partial charge on any atom is 0.325 e. The largest absolute Gasteiger partial charge is 0.325 e. The van der Waals surface area contributed by atoms with Gasteiger partial charge in [0.05, 0.1) is 11.6 Å². The molecule has 0 aliphatic carbocycles. The minimum atomic E-state index is -1.22. The molecule has 7 nitrogen and oxygen atoms in total. The number of anilines is 1. The number of amides is 4. The van der Waals surface area contributed by atoms with Crippen molar-refractivity contribution in [2.24, 2.45) is 0 Å². The van der Waals surface area contributed by atoms with Crippen molar-refractivity contribution in [1.82, 2.24) is 10.2 Å². The zero-order valence-electron chi connectivity index (χ0n) is 16.5. The van der Waals surface area contributed by atoms with Gasteiger partial charge in [0, 0.05) is 5.69 Å². The van der Waals surface area contributed by atoms with Crippen molar-refractivity contribution in [2.75, 3.05) is 11.9 Å². The molecule has 1 aliphatic rings. The van der Waals surface area contributed by atoms with Crippen LogP contribution in [0.25, 0.3) is 0 Å². The summed E-state index contributed by atoms with van der Waals surface area (Å²) in [4.78, 5) is 38.6. The third-order valence-electron chi connectivity index (χ3n) is 5.03. The Morgan fingerprint density at radius 2 is 1.76 bits per heavy atom. The average Bonchev–Trinajstić information content (AvgIpc) is 2.92. The van der Waals surface area contributed by atoms with E-state index in [-0.39, 0.29) is 0 Å². The van der Waals surface area contributed by atoms with Crippen molar-refractivity contribution in [3.8, 4) is 6.07 Å². The van der Waals surface area contributed by atoms with E-state index >= 15 is 0 Å². The molecule has 0 radical (unpaired) electrons. The van der Waals surface area contributed by atoms with Gasteiger partial charge in [-0.25, -0.2) is 4.79 Å². The molecule has 1 unspecified atom stereocenters. The van der Waals surface area contributed by atoms with E-state index < -0.39 is 29.9 Å². The number of nitrogens with zero attached hydrogens (tertiary/aromatic N) is 2. The summed E-state index contributed by atoms with van der Waals surface area (Å²) >= 11 is 0. The highest BCUT2D eigenvalue weighted by Gasteiger charge is 2.49. The van der Waals surface area contributed by atoms with Crippen LogP contribution in [0.4, 0.5) is 10.5 Å². The Balaban J connectivity index is 1.72. The average molecular weight is 390 g/mol. The van der Waals surface area contributed by atoms with E-state index in [1.807, 2.05) is 30.3 Å². The fraction of sp³-hybridized carbons (Fsp3) is 0.273. The molecule has 2 aromatic rings. The molecule has 1 heterocycles. The van der Waals surface area contributed by atoms with Crippen molar-refractivity contribution < 1.29 is 14.4 Å². The van der Waals surface area contributed by atoms with Gasteiger partial charge >= 0.3 is 6.03 Å². The van der Waals surface area contributed by atoms with Crippen LogP contribution in [0.15, 0.2) is 48.5 Å². The maximum atomic E-state index is 13.0. The highest BCUT2D eigenvalue weighted by Crippen LogP contribution is 2.30. The van der Waals surface area contributed by atoms with Crippen molar-refractivity contribution in [3.63, 3.8) is 0 Å². The Morgan fingerprint density at radius 3 is 2.31 bits per heavy atom. The van der Waals surface area contributed by atoms with E-state index in [2.05, 4.69) is 24.5 Å². The predicted molar refractivity (Wildman–Crippen MR) is 108 cm³/mol. The van der Waals surface area contributed by atoms with Crippen molar-refractivity contribution in [2.45, 2.75) is 32.2 Å². The van der Waals surface area contributed by atoms with E-state index in [1.54, 1.807) is 31.2 Å². The molecule has 2 N–H and O–H groups in total. The number of benzene rings is 2. The normalized spacial score (nSPS) is 18.5.